The molecule has 0 radical (unpaired) electrons. The van der Waals surface area contributed by atoms with Crippen molar-refractivity contribution >= 4 is 17.5 Å². The van der Waals surface area contributed by atoms with Gasteiger partial charge >= 0.3 is 0 Å². The first-order valence-corrected chi connectivity index (χ1v) is 8.38. The summed E-state index contributed by atoms with van der Waals surface area (Å²) in [6.07, 6.45) is 2.02. The molecule has 1 aromatic carbocycles. The van der Waals surface area contributed by atoms with Gasteiger partial charge in [-0.3, -0.25) is 4.79 Å². The quantitative estimate of drug-likeness (QED) is 0.884. The molecule has 1 fully saturated rings. The summed E-state index contributed by atoms with van der Waals surface area (Å²) in [5.41, 5.74) is 1.32. The first-order chi connectivity index (χ1) is 10.1. The summed E-state index contributed by atoms with van der Waals surface area (Å²) in [5, 5.41) is 0.789. The maximum Gasteiger partial charge on any atom is 0.226 e. The Hall–Kier alpha value is -1.06. The number of amides is 1. The van der Waals surface area contributed by atoms with Crippen molar-refractivity contribution in [3.63, 3.8) is 0 Å². The van der Waals surface area contributed by atoms with E-state index in [1.807, 2.05) is 17.0 Å². The van der Waals surface area contributed by atoms with Crippen LogP contribution in [-0.2, 0) is 11.3 Å². The third-order valence-electron chi connectivity index (χ3n) is 4.48. The third kappa shape index (κ3) is 4.45. The zero-order valence-electron chi connectivity index (χ0n) is 13.1. The SMILES string of the molecule is CCN(CC)C(=O)C1CC[NH+](Cc2ccc(Cl)cc2)CC1. The number of quaternary nitrogens is 1. The summed E-state index contributed by atoms with van der Waals surface area (Å²) >= 11 is 5.92. The molecule has 0 aromatic heterocycles. The van der Waals surface area contributed by atoms with Crippen LogP contribution in [0, 0.1) is 5.92 Å². The van der Waals surface area contributed by atoms with Crippen molar-refractivity contribution in [2.75, 3.05) is 26.2 Å². The molecule has 0 spiro atoms. The molecule has 1 N–H and O–H groups in total. The van der Waals surface area contributed by atoms with Crippen LogP contribution in [0.3, 0.4) is 0 Å². The van der Waals surface area contributed by atoms with Crippen LogP contribution in [0.4, 0.5) is 0 Å². The molecule has 0 saturated carbocycles. The molecular formula is C17H26ClN2O+. The van der Waals surface area contributed by atoms with Crippen LogP contribution in [0.1, 0.15) is 32.3 Å². The Balaban J connectivity index is 1.83. The van der Waals surface area contributed by atoms with Crippen molar-refractivity contribution in [1.29, 1.82) is 0 Å². The molecular weight excluding hydrogens is 284 g/mol. The summed E-state index contributed by atoms with van der Waals surface area (Å²) in [4.78, 5) is 15.9. The summed E-state index contributed by atoms with van der Waals surface area (Å²) in [6.45, 7) is 8.97. The van der Waals surface area contributed by atoms with E-state index in [9.17, 15) is 4.79 Å². The molecule has 1 aliphatic rings. The van der Waals surface area contributed by atoms with Gasteiger partial charge in [0.2, 0.25) is 5.91 Å². The van der Waals surface area contributed by atoms with Gasteiger partial charge in [-0.25, -0.2) is 0 Å². The zero-order chi connectivity index (χ0) is 15.2. The van der Waals surface area contributed by atoms with Gasteiger partial charge in [0, 0.05) is 42.4 Å². The van der Waals surface area contributed by atoms with E-state index in [0.717, 1.165) is 50.6 Å². The second kappa shape index (κ2) is 7.81. The largest absolute Gasteiger partial charge is 0.343 e. The highest BCUT2D eigenvalue weighted by Crippen LogP contribution is 2.14. The van der Waals surface area contributed by atoms with Crippen LogP contribution in [0.15, 0.2) is 24.3 Å². The number of carbonyl (C=O) groups excluding carboxylic acids is 1. The van der Waals surface area contributed by atoms with Crippen molar-refractivity contribution < 1.29 is 9.69 Å². The molecule has 116 valence electrons. The van der Waals surface area contributed by atoms with Gasteiger partial charge in [-0.05, 0) is 26.0 Å². The van der Waals surface area contributed by atoms with Crippen molar-refractivity contribution in [1.82, 2.24) is 4.90 Å². The Bertz CT molecular complexity index is 448. The molecule has 3 nitrogen and oxygen atoms in total. The highest BCUT2D eigenvalue weighted by atomic mass is 35.5. The molecule has 1 amide bonds. The summed E-state index contributed by atoms with van der Waals surface area (Å²) in [7, 11) is 0. The fourth-order valence-electron chi connectivity index (χ4n) is 3.13. The summed E-state index contributed by atoms with van der Waals surface area (Å²) in [5.74, 6) is 0.587. The normalized spacial score (nSPS) is 22.0. The minimum absolute atomic E-state index is 0.235. The molecule has 0 aliphatic carbocycles. The van der Waals surface area contributed by atoms with Crippen LogP contribution in [0.25, 0.3) is 0 Å². The summed E-state index contributed by atoms with van der Waals surface area (Å²) < 4.78 is 0. The van der Waals surface area contributed by atoms with Crippen LogP contribution in [-0.4, -0.2) is 37.0 Å². The van der Waals surface area contributed by atoms with E-state index in [2.05, 4.69) is 26.0 Å². The Morgan fingerprint density at radius 2 is 1.76 bits per heavy atom. The topological polar surface area (TPSA) is 24.8 Å². The van der Waals surface area contributed by atoms with Gasteiger partial charge < -0.3 is 9.80 Å². The molecule has 2 rings (SSSR count). The molecule has 4 heteroatoms. The van der Waals surface area contributed by atoms with Crippen LogP contribution < -0.4 is 4.90 Å². The smallest absolute Gasteiger partial charge is 0.226 e. The van der Waals surface area contributed by atoms with Crippen LogP contribution >= 0.6 is 11.6 Å². The zero-order valence-corrected chi connectivity index (χ0v) is 13.8. The van der Waals surface area contributed by atoms with Gasteiger partial charge in [0.25, 0.3) is 0 Å². The number of hydrogen-bond donors (Lipinski definition) is 1. The van der Waals surface area contributed by atoms with E-state index in [-0.39, 0.29) is 5.92 Å². The van der Waals surface area contributed by atoms with E-state index in [1.54, 1.807) is 4.90 Å². The first kappa shape index (κ1) is 16.3. The van der Waals surface area contributed by atoms with Crippen LogP contribution in [0.5, 0.6) is 0 Å². The monoisotopic (exact) mass is 309 g/mol. The van der Waals surface area contributed by atoms with E-state index in [1.165, 1.54) is 5.56 Å². The standard InChI is InChI=1S/C17H25ClN2O/c1-3-20(4-2)17(21)15-9-11-19(12-10-15)13-14-5-7-16(18)8-6-14/h5-8,15H,3-4,9-13H2,1-2H3/p+1. The highest BCUT2D eigenvalue weighted by Gasteiger charge is 2.29. The third-order valence-corrected chi connectivity index (χ3v) is 4.74. The number of benzene rings is 1. The number of hydrogen-bond acceptors (Lipinski definition) is 1. The lowest BCUT2D eigenvalue weighted by Crippen LogP contribution is -3.11. The molecule has 1 heterocycles. The summed E-state index contributed by atoms with van der Waals surface area (Å²) in [6, 6.07) is 8.10. The van der Waals surface area contributed by atoms with Gasteiger partial charge in [0.05, 0.1) is 13.1 Å². The van der Waals surface area contributed by atoms with Gasteiger partial charge in [0.15, 0.2) is 0 Å². The molecule has 0 bridgehead atoms. The van der Waals surface area contributed by atoms with Gasteiger partial charge in [-0.1, -0.05) is 23.7 Å². The molecule has 0 atom stereocenters. The Kier molecular flexibility index (Phi) is 6.07. The van der Waals surface area contributed by atoms with Gasteiger partial charge in [-0.2, -0.15) is 0 Å². The fourth-order valence-corrected chi connectivity index (χ4v) is 3.26. The lowest BCUT2D eigenvalue weighted by Gasteiger charge is -2.31. The van der Waals surface area contributed by atoms with E-state index < -0.39 is 0 Å². The average Bonchev–Trinajstić information content (AvgIpc) is 2.51. The predicted molar refractivity (Wildman–Crippen MR) is 86.5 cm³/mol. The average molecular weight is 310 g/mol. The lowest BCUT2D eigenvalue weighted by molar-refractivity contribution is -0.919. The van der Waals surface area contributed by atoms with Crippen LogP contribution in [0.2, 0.25) is 5.02 Å². The minimum Gasteiger partial charge on any atom is -0.343 e. The van der Waals surface area contributed by atoms with Crippen molar-refractivity contribution in [3.05, 3.63) is 34.9 Å². The second-order valence-electron chi connectivity index (χ2n) is 5.84. The molecule has 21 heavy (non-hydrogen) atoms. The Labute approximate surface area is 132 Å². The van der Waals surface area contributed by atoms with Gasteiger partial charge in [0.1, 0.15) is 6.54 Å². The maximum atomic E-state index is 12.4. The van der Waals surface area contributed by atoms with E-state index in [4.69, 9.17) is 11.6 Å². The maximum absolute atomic E-state index is 12.4. The number of piperidine rings is 1. The number of halogens is 1. The van der Waals surface area contributed by atoms with E-state index in [0.29, 0.717) is 5.91 Å². The molecule has 1 aromatic rings. The number of carbonyl (C=O) groups is 1. The van der Waals surface area contributed by atoms with E-state index >= 15 is 0 Å². The predicted octanol–water partition coefficient (Wildman–Crippen LogP) is 2.00. The van der Waals surface area contributed by atoms with Gasteiger partial charge in [-0.15, -0.1) is 0 Å². The lowest BCUT2D eigenvalue weighted by atomic mass is 9.95. The highest BCUT2D eigenvalue weighted by molar-refractivity contribution is 6.30. The minimum atomic E-state index is 0.235. The second-order valence-corrected chi connectivity index (χ2v) is 6.27. The molecule has 1 aliphatic heterocycles. The Morgan fingerprint density at radius 3 is 2.29 bits per heavy atom. The number of rotatable bonds is 5. The number of nitrogens with one attached hydrogen (secondary N) is 1. The van der Waals surface area contributed by atoms with Crippen molar-refractivity contribution in [2.45, 2.75) is 33.2 Å². The fraction of sp³-hybridized carbons (Fsp3) is 0.588. The van der Waals surface area contributed by atoms with Crippen molar-refractivity contribution in [3.8, 4) is 0 Å². The number of nitrogens with zero attached hydrogens (tertiary/aromatic N) is 1. The molecule has 0 unspecified atom stereocenters. The first-order valence-electron chi connectivity index (χ1n) is 8.00. The molecule has 1 saturated heterocycles. The number of likely N-dealkylation sites (tertiary alicyclic amines) is 1. The Morgan fingerprint density at radius 1 is 1.19 bits per heavy atom. The van der Waals surface area contributed by atoms with Crippen molar-refractivity contribution in [2.24, 2.45) is 5.92 Å².